The number of fused-ring (bicyclic) bond motifs is 1. The summed E-state index contributed by atoms with van der Waals surface area (Å²) in [6, 6.07) is 12.4. The molecule has 0 unspecified atom stereocenters. The minimum absolute atomic E-state index is 0.191. The van der Waals surface area contributed by atoms with Crippen molar-refractivity contribution in [2.75, 3.05) is 6.54 Å². The average Bonchev–Trinajstić information content (AvgIpc) is 3.25. The lowest BCUT2D eigenvalue weighted by atomic mass is 9.86. The summed E-state index contributed by atoms with van der Waals surface area (Å²) < 4.78 is 1.82. The molecule has 122 valence electrons. The van der Waals surface area contributed by atoms with Crippen LogP contribution in [0.15, 0.2) is 54.2 Å². The first-order chi connectivity index (χ1) is 11.7. The second-order valence-corrected chi connectivity index (χ2v) is 7.26. The van der Waals surface area contributed by atoms with Gasteiger partial charge in [0.1, 0.15) is 0 Å². The highest BCUT2D eigenvalue weighted by molar-refractivity contribution is 7.10. The molecule has 24 heavy (non-hydrogen) atoms. The summed E-state index contributed by atoms with van der Waals surface area (Å²) in [6.07, 6.45) is 4.45. The summed E-state index contributed by atoms with van der Waals surface area (Å²) in [7, 11) is 1.93. The third-order valence-corrected chi connectivity index (χ3v) is 5.46. The predicted octanol–water partition coefficient (Wildman–Crippen LogP) is 3.20. The third-order valence-electron chi connectivity index (χ3n) is 4.58. The molecule has 3 aromatic rings. The molecule has 0 bridgehead atoms. The summed E-state index contributed by atoms with van der Waals surface area (Å²) in [5.74, 6) is 0.386. The highest BCUT2D eigenvalue weighted by Gasteiger charge is 2.29. The number of amides is 1. The van der Waals surface area contributed by atoms with Gasteiger partial charge in [0.05, 0.1) is 12.6 Å². The number of hydrogen-bond donors (Lipinski definition) is 0. The van der Waals surface area contributed by atoms with Gasteiger partial charge in [-0.1, -0.05) is 30.3 Å². The maximum Gasteiger partial charge on any atom is 0.228 e. The van der Waals surface area contributed by atoms with Crippen LogP contribution in [-0.4, -0.2) is 27.1 Å². The third kappa shape index (κ3) is 2.87. The molecule has 1 atom stereocenters. The van der Waals surface area contributed by atoms with Crippen molar-refractivity contribution in [2.45, 2.75) is 18.9 Å². The van der Waals surface area contributed by atoms with E-state index in [1.165, 1.54) is 16.7 Å². The van der Waals surface area contributed by atoms with E-state index in [1.807, 2.05) is 46.4 Å². The summed E-state index contributed by atoms with van der Waals surface area (Å²) in [6.45, 7) is 1.41. The number of nitrogens with zero attached hydrogens (tertiary/aromatic N) is 3. The topological polar surface area (TPSA) is 38.1 Å². The van der Waals surface area contributed by atoms with Crippen LogP contribution in [-0.2, 0) is 24.8 Å². The van der Waals surface area contributed by atoms with Crippen LogP contribution in [0, 0.1) is 0 Å². The molecule has 1 amide bonds. The van der Waals surface area contributed by atoms with E-state index < -0.39 is 0 Å². The second-order valence-electron chi connectivity index (χ2n) is 6.23. The molecule has 0 fully saturated rings. The first-order valence-electron chi connectivity index (χ1n) is 8.07. The Hall–Kier alpha value is -2.40. The van der Waals surface area contributed by atoms with E-state index in [2.05, 4.69) is 29.5 Å². The van der Waals surface area contributed by atoms with Crippen LogP contribution in [0.3, 0.4) is 0 Å². The molecule has 1 aromatic carbocycles. The summed E-state index contributed by atoms with van der Waals surface area (Å²) in [5.41, 5.74) is 3.71. The Kier molecular flexibility index (Phi) is 3.94. The van der Waals surface area contributed by atoms with Gasteiger partial charge in [-0.25, -0.2) is 0 Å². The smallest absolute Gasteiger partial charge is 0.228 e. The van der Waals surface area contributed by atoms with Gasteiger partial charge in [-0.05, 0) is 28.1 Å². The zero-order valence-electron chi connectivity index (χ0n) is 13.6. The molecular formula is C19H19N3OS. The molecule has 0 spiro atoms. The van der Waals surface area contributed by atoms with E-state index in [0.29, 0.717) is 19.5 Å². The van der Waals surface area contributed by atoms with Crippen molar-refractivity contribution in [1.82, 2.24) is 14.7 Å². The minimum Gasteiger partial charge on any atom is -0.337 e. The average molecular weight is 337 g/mol. The highest BCUT2D eigenvalue weighted by Crippen LogP contribution is 2.33. The zero-order valence-corrected chi connectivity index (χ0v) is 14.4. The lowest BCUT2D eigenvalue weighted by Crippen LogP contribution is -2.39. The number of benzene rings is 1. The molecule has 0 saturated carbocycles. The second kappa shape index (κ2) is 6.24. The van der Waals surface area contributed by atoms with Crippen LogP contribution < -0.4 is 0 Å². The van der Waals surface area contributed by atoms with Crippen LogP contribution in [0.4, 0.5) is 0 Å². The molecule has 2 aromatic heterocycles. The Balaban J connectivity index is 1.63. The standard InChI is InChI=1S/C19H19N3OS/c1-21-11-15(10-20-21)18-13-22(12-14-5-2-3-7-17(14)18)19(23)9-16-6-4-8-24-16/h2-8,10-11,18H,9,12-13H2,1H3/t18-/m0/s1. The van der Waals surface area contributed by atoms with Crippen LogP contribution in [0.25, 0.3) is 0 Å². The Bertz CT molecular complexity index is 853. The van der Waals surface area contributed by atoms with E-state index in [9.17, 15) is 4.79 Å². The number of carbonyl (C=O) groups is 1. The van der Waals surface area contributed by atoms with Crippen molar-refractivity contribution in [1.29, 1.82) is 0 Å². The summed E-state index contributed by atoms with van der Waals surface area (Å²) in [5, 5.41) is 6.33. The molecule has 0 radical (unpaired) electrons. The van der Waals surface area contributed by atoms with Crippen molar-refractivity contribution in [3.63, 3.8) is 0 Å². The summed E-state index contributed by atoms with van der Waals surface area (Å²) >= 11 is 1.64. The largest absolute Gasteiger partial charge is 0.337 e. The fourth-order valence-corrected chi connectivity index (χ4v) is 4.07. The van der Waals surface area contributed by atoms with Gasteiger partial charge in [-0.3, -0.25) is 9.48 Å². The zero-order chi connectivity index (χ0) is 16.5. The van der Waals surface area contributed by atoms with Crippen molar-refractivity contribution >= 4 is 17.2 Å². The van der Waals surface area contributed by atoms with Gasteiger partial charge in [-0.2, -0.15) is 5.10 Å². The Morgan fingerprint density at radius 1 is 1.29 bits per heavy atom. The van der Waals surface area contributed by atoms with Gasteiger partial charge < -0.3 is 4.90 Å². The fraction of sp³-hybridized carbons (Fsp3) is 0.263. The number of hydrogen-bond acceptors (Lipinski definition) is 3. The molecule has 0 N–H and O–H groups in total. The molecule has 4 rings (SSSR count). The molecule has 4 nitrogen and oxygen atoms in total. The monoisotopic (exact) mass is 337 g/mol. The SMILES string of the molecule is Cn1cc([C@@H]2CN(C(=O)Cc3cccs3)Cc3ccccc32)cn1. The van der Waals surface area contributed by atoms with Crippen LogP contribution in [0.2, 0.25) is 0 Å². The molecular weight excluding hydrogens is 318 g/mol. The highest BCUT2D eigenvalue weighted by atomic mass is 32.1. The number of aromatic nitrogens is 2. The molecule has 5 heteroatoms. The van der Waals surface area contributed by atoms with Gasteiger partial charge in [-0.15, -0.1) is 11.3 Å². The normalized spacial score (nSPS) is 16.9. The van der Waals surface area contributed by atoms with Gasteiger partial charge in [0.15, 0.2) is 0 Å². The van der Waals surface area contributed by atoms with E-state index in [4.69, 9.17) is 0 Å². The van der Waals surface area contributed by atoms with Gasteiger partial charge in [0.25, 0.3) is 0 Å². The molecule has 0 aliphatic carbocycles. The van der Waals surface area contributed by atoms with Crippen LogP contribution in [0.5, 0.6) is 0 Å². The van der Waals surface area contributed by atoms with Crippen LogP contribution >= 0.6 is 11.3 Å². The lowest BCUT2D eigenvalue weighted by Gasteiger charge is -2.34. The molecule has 1 aliphatic heterocycles. The maximum absolute atomic E-state index is 12.8. The maximum atomic E-state index is 12.8. The van der Waals surface area contributed by atoms with Crippen molar-refractivity contribution in [3.05, 3.63) is 75.7 Å². The van der Waals surface area contributed by atoms with Crippen molar-refractivity contribution in [3.8, 4) is 0 Å². The van der Waals surface area contributed by atoms with E-state index >= 15 is 0 Å². The minimum atomic E-state index is 0.191. The van der Waals surface area contributed by atoms with Crippen molar-refractivity contribution < 1.29 is 4.79 Å². The van der Waals surface area contributed by atoms with E-state index in [0.717, 1.165) is 4.88 Å². The molecule has 3 heterocycles. The predicted molar refractivity (Wildman–Crippen MR) is 94.9 cm³/mol. The van der Waals surface area contributed by atoms with E-state index in [-0.39, 0.29) is 11.8 Å². The van der Waals surface area contributed by atoms with E-state index in [1.54, 1.807) is 11.3 Å². The van der Waals surface area contributed by atoms with Crippen molar-refractivity contribution in [2.24, 2.45) is 7.05 Å². The number of carbonyl (C=O) groups excluding carboxylic acids is 1. The number of thiophene rings is 1. The van der Waals surface area contributed by atoms with Gasteiger partial charge in [0.2, 0.25) is 5.91 Å². The lowest BCUT2D eigenvalue weighted by molar-refractivity contribution is -0.131. The number of rotatable bonds is 3. The Morgan fingerprint density at radius 2 is 2.17 bits per heavy atom. The number of aryl methyl sites for hydroxylation is 1. The first-order valence-corrected chi connectivity index (χ1v) is 8.95. The van der Waals surface area contributed by atoms with Gasteiger partial charge >= 0.3 is 0 Å². The van der Waals surface area contributed by atoms with Crippen LogP contribution in [0.1, 0.15) is 27.5 Å². The quantitative estimate of drug-likeness (QED) is 0.736. The molecule has 0 saturated heterocycles. The fourth-order valence-electron chi connectivity index (χ4n) is 3.38. The Morgan fingerprint density at radius 3 is 2.92 bits per heavy atom. The first kappa shape index (κ1) is 15.1. The van der Waals surface area contributed by atoms with Gasteiger partial charge in [0, 0.05) is 37.1 Å². The summed E-state index contributed by atoms with van der Waals surface area (Å²) in [4.78, 5) is 15.9. The molecule has 1 aliphatic rings. The Labute approximate surface area is 145 Å².